The number of amides is 1. The first-order valence-electron chi connectivity index (χ1n) is 10.7. The lowest BCUT2D eigenvalue weighted by Gasteiger charge is -2.08. The first-order valence-corrected chi connectivity index (χ1v) is 13.4. The number of nitrogen functional groups attached to an aromatic ring is 1. The summed E-state index contributed by atoms with van der Waals surface area (Å²) in [5.74, 6) is 5.98. The predicted molar refractivity (Wildman–Crippen MR) is 137 cm³/mol. The number of aromatic nitrogens is 1. The highest BCUT2D eigenvalue weighted by Gasteiger charge is 2.07. The Labute approximate surface area is 202 Å². The lowest BCUT2D eigenvalue weighted by atomic mass is 10.2. The number of hydrogen-bond acceptors (Lipinski definition) is 8. The second-order valence-corrected chi connectivity index (χ2v) is 10.6. The minimum Gasteiger partial charge on any atom is -0.506 e. The minimum absolute atomic E-state index is 0.0525. The van der Waals surface area contributed by atoms with Crippen molar-refractivity contribution in [2.75, 3.05) is 35.7 Å². The molecular formula is C23H27N5O4S2. The third-order valence-corrected chi connectivity index (χ3v) is 6.26. The van der Waals surface area contributed by atoms with E-state index in [4.69, 9.17) is 5.73 Å². The number of aromatic hydroxyl groups is 1. The van der Waals surface area contributed by atoms with E-state index >= 15 is 0 Å². The van der Waals surface area contributed by atoms with Gasteiger partial charge in [0.05, 0.1) is 17.5 Å². The van der Waals surface area contributed by atoms with Gasteiger partial charge >= 0.3 is 0 Å². The number of nitrogens with two attached hydrogens (primary N) is 1. The topological polar surface area (TPSA) is 146 Å². The molecule has 0 aliphatic carbocycles. The van der Waals surface area contributed by atoms with Crippen LogP contribution in [0.4, 0.5) is 16.5 Å². The number of nitrogens with zero attached hydrogens (tertiary/aromatic N) is 1. The lowest BCUT2D eigenvalue weighted by molar-refractivity contribution is -0.116. The first-order chi connectivity index (χ1) is 16.2. The van der Waals surface area contributed by atoms with Gasteiger partial charge in [-0.15, -0.1) is 0 Å². The Kier molecular flexibility index (Phi) is 8.70. The van der Waals surface area contributed by atoms with Crippen molar-refractivity contribution >= 4 is 54.0 Å². The summed E-state index contributed by atoms with van der Waals surface area (Å²) in [5.41, 5.74) is 8.34. The highest BCUT2D eigenvalue weighted by atomic mass is 32.2. The van der Waals surface area contributed by atoms with E-state index in [9.17, 15) is 18.3 Å². The summed E-state index contributed by atoms with van der Waals surface area (Å²) in [5, 5.41) is 16.5. The van der Waals surface area contributed by atoms with Gasteiger partial charge in [0.15, 0.2) is 5.13 Å². The molecule has 1 aromatic heterocycles. The maximum absolute atomic E-state index is 12.2. The summed E-state index contributed by atoms with van der Waals surface area (Å²) in [6.45, 7) is 0.759. The fourth-order valence-corrected chi connectivity index (χ4v) is 4.48. The van der Waals surface area contributed by atoms with Gasteiger partial charge in [-0.25, -0.2) is 18.1 Å². The van der Waals surface area contributed by atoms with Crippen LogP contribution in [0.1, 0.15) is 31.2 Å². The molecule has 0 atom stereocenters. The van der Waals surface area contributed by atoms with Crippen LogP contribution in [-0.2, 0) is 14.8 Å². The maximum Gasteiger partial charge on any atom is 0.224 e. The van der Waals surface area contributed by atoms with Crippen molar-refractivity contribution in [1.82, 2.24) is 9.71 Å². The Hall–Kier alpha value is -3.33. The van der Waals surface area contributed by atoms with E-state index in [1.807, 2.05) is 30.3 Å². The fourth-order valence-electron chi connectivity index (χ4n) is 3.17. The average molecular weight is 502 g/mol. The molecule has 0 fully saturated rings. The van der Waals surface area contributed by atoms with Crippen LogP contribution in [0.25, 0.3) is 10.2 Å². The normalized spacial score (nSPS) is 11.1. The number of rotatable bonds is 10. The van der Waals surface area contributed by atoms with Crippen LogP contribution in [0.15, 0.2) is 36.4 Å². The van der Waals surface area contributed by atoms with Crippen LogP contribution in [0.5, 0.6) is 5.75 Å². The SMILES string of the molecule is CS(=O)(=O)NCCCCCC(=O)Nc1cccc(NCC#Cc2cc(O)c3nc(N)sc3c2)c1. The molecule has 3 rings (SSSR count). The molecule has 0 aliphatic heterocycles. The molecule has 0 saturated heterocycles. The van der Waals surface area contributed by atoms with Crippen LogP contribution < -0.4 is 21.1 Å². The van der Waals surface area contributed by atoms with Gasteiger partial charge < -0.3 is 21.5 Å². The molecule has 0 radical (unpaired) electrons. The highest BCUT2D eigenvalue weighted by Crippen LogP contribution is 2.31. The zero-order chi connectivity index (χ0) is 24.6. The number of hydrogen-bond donors (Lipinski definition) is 5. The van der Waals surface area contributed by atoms with Gasteiger partial charge in [0, 0.05) is 29.9 Å². The van der Waals surface area contributed by atoms with E-state index in [0.29, 0.717) is 54.3 Å². The molecule has 34 heavy (non-hydrogen) atoms. The van der Waals surface area contributed by atoms with Gasteiger partial charge in [0.1, 0.15) is 11.3 Å². The van der Waals surface area contributed by atoms with Crippen LogP contribution in [0.2, 0.25) is 0 Å². The number of carbonyl (C=O) groups is 1. The van der Waals surface area contributed by atoms with Crippen molar-refractivity contribution in [3.8, 4) is 17.6 Å². The summed E-state index contributed by atoms with van der Waals surface area (Å²) in [7, 11) is -3.16. The molecule has 180 valence electrons. The fraction of sp³-hybridized carbons (Fsp3) is 0.304. The number of thiazole rings is 1. The van der Waals surface area contributed by atoms with E-state index < -0.39 is 10.0 Å². The molecular weight excluding hydrogens is 474 g/mol. The number of benzene rings is 2. The van der Waals surface area contributed by atoms with Gasteiger partial charge in [-0.2, -0.15) is 0 Å². The van der Waals surface area contributed by atoms with E-state index in [1.165, 1.54) is 11.3 Å². The molecule has 0 aliphatic rings. The number of phenols is 1. The molecule has 9 nitrogen and oxygen atoms in total. The second-order valence-electron chi connectivity index (χ2n) is 7.66. The van der Waals surface area contributed by atoms with E-state index in [2.05, 4.69) is 32.2 Å². The second kappa shape index (κ2) is 11.7. The number of carbonyl (C=O) groups excluding carboxylic acids is 1. The zero-order valence-corrected chi connectivity index (χ0v) is 20.4. The maximum atomic E-state index is 12.2. The number of unbranched alkanes of at least 4 members (excludes halogenated alkanes) is 2. The Bertz CT molecular complexity index is 1330. The largest absolute Gasteiger partial charge is 0.506 e. The van der Waals surface area contributed by atoms with Gasteiger partial charge in [-0.3, -0.25) is 4.79 Å². The molecule has 0 unspecified atom stereocenters. The van der Waals surface area contributed by atoms with Crippen molar-refractivity contribution in [1.29, 1.82) is 0 Å². The van der Waals surface area contributed by atoms with E-state index in [0.717, 1.165) is 23.1 Å². The summed E-state index contributed by atoms with van der Waals surface area (Å²) >= 11 is 1.30. The summed E-state index contributed by atoms with van der Waals surface area (Å²) in [4.78, 5) is 16.2. The minimum atomic E-state index is -3.16. The van der Waals surface area contributed by atoms with Gasteiger partial charge in [0.25, 0.3) is 0 Å². The number of phenolic OH excluding ortho intramolecular Hbond substituents is 1. The molecule has 0 spiro atoms. The van der Waals surface area contributed by atoms with Gasteiger partial charge in [-0.05, 0) is 43.2 Å². The van der Waals surface area contributed by atoms with Crippen LogP contribution in [0.3, 0.4) is 0 Å². The van der Waals surface area contributed by atoms with Crippen molar-refractivity contribution < 1.29 is 18.3 Å². The quantitative estimate of drug-likeness (QED) is 0.212. The molecule has 0 saturated carbocycles. The molecule has 1 amide bonds. The van der Waals surface area contributed by atoms with E-state index in [-0.39, 0.29) is 11.7 Å². The molecule has 3 aromatic rings. The van der Waals surface area contributed by atoms with Crippen molar-refractivity contribution in [3.63, 3.8) is 0 Å². The van der Waals surface area contributed by atoms with Gasteiger partial charge in [0.2, 0.25) is 15.9 Å². The molecule has 1 heterocycles. The predicted octanol–water partition coefficient (Wildman–Crippen LogP) is 3.10. The van der Waals surface area contributed by atoms with Crippen molar-refractivity contribution in [3.05, 3.63) is 42.0 Å². The number of sulfonamides is 1. The van der Waals surface area contributed by atoms with Crippen LogP contribution in [0, 0.1) is 11.8 Å². The Morgan fingerprint density at radius 3 is 2.76 bits per heavy atom. The molecule has 0 bridgehead atoms. The third-order valence-electron chi connectivity index (χ3n) is 4.70. The Morgan fingerprint density at radius 2 is 1.97 bits per heavy atom. The van der Waals surface area contributed by atoms with Crippen LogP contribution in [-0.4, -0.2) is 43.8 Å². The Balaban J connectivity index is 1.44. The average Bonchev–Trinajstić information content (AvgIpc) is 3.14. The summed E-state index contributed by atoms with van der Waals surface area (Å²) < 4.78 is 25.2. The summed E-state index contributed by atoms with van der Waals surface area (Å²) in [6, 6.07) is 10.8. The van der Waals surface area contributed by atoms with Crippen molar-refractivity contribution in [2.24, 2.45) is 0 Å². The molecule has 6 N–H and O–H groups in total. The number of anilines is 3. The monoisotopic (exact) mass is 501 g/mol. The first kappa shape index (κ1) is 25.3. The number of fused-ring (bicyclic) bond motifs is 1. The van der Waals surface area contributed by atoms with Crippen LogP contribution >= 0.6 is 11.3 Å². The number of nitrogens with one attached hydrogen (secondary N) is 3. The van der Waals surface area contributed by atoms with Crippen molar-refractivity contribution in [2.45, 2.75) is 25.7 Å². The Morgan fingerprint density at radius 1 is 1.18 bits per heavy atom. The zero-order valence-electron chi connectivity index (χ0n) is 18.7. The smallest absolute Gasteiger partial charge is 0.224 e. The summed E-state index contributed by atoms with van der Waals surface area (Å²) in [6.07, 6.45) is 3.62. The standard InChI is InChI=1S/C23H27N5O4S2/c1-34(31,32)26-12-4-2-3-10-21(30)27-18-9-5-8-17(15-18)25-11-6-7-16-13-19(29)22-20(14-16)33-23(24)28-22/h5,8-9,13-15,25-26,29H,2-4,10-12H2,1H3,(H2,24,28)(H,27,30). The molecule has 11 heteroatoms. The highest BCUT2D eigenvalue weighted by molar-refractivity contribution is 7.88. The van der Waals surface area contributed by atoms with E-state index in [1.54, 1.807) is 6.07 Å². The molecule has 2 aromatic carbocycles. The third kappa shape index (κ3) is 8.22. The van der Waals surface area contributed by atoms with Gasteiger partial charge in [-0.1, -0.05) is 35.7 Å². The lowest BCUT2D eigenvalue weighted by Crippen LogP contribution is -2.22.